The van der Waals surface area contributed by atoms with Gasteiger partial charge in [-0.05, 0) is 29.3 Å². The SMILES string of the molecule is O=C(O)CCC(NC(=O)c1ccc2ccccc2c1)C(=O)O. The lowest BCUT2D eigenvalue weighted by Gasteiger charge is -2.13. The summed E-state index contributed by atoms with van der Waals surface area (Å²) in [5, 5.41) is 21.8. The molecule has 1 atom stereocenters. The second-order valence-corrected chi connectivity index (χ2v) is 4.86. The van der Waals surface area contributed by atoms with E-state index in [0.717, 1.165) is 10.8 Å². The molecular weight excluding hydrogens is 286 g/mol. The first-order valence-corrected chi connectivity index (χ1v) is 6.71. The van der Waals surface area contributed by atoms with Crippen LogP contribution < -0.4 is 5.32 Å². The lowest BCUT2D eigenvalue weighted by atomic mass is 10.1. The van der Waals surface area contributed by atoms with Gasteiger partial charge in [-0.1, -0.05) is 30.3 Å². The number of carbonyl (C=O) groups is 3. The van der Waals surface area contributed by atoms with Crippen LogP contribution in [0.3, 0.4) is 0 Å². The van der Waals surface area contributed by atoms with Gasteiger partial charge < -0.3 is 15.5 Å². The molecule has 6 heteroatoms. The van der Waals surface area contributed by atoms with E-state index in [1.165, 1.54) is 0 Å². The fourth-order valence-corrected chi connectivity index (χ4v) is 2.10. The van der Waals surface area contributed by atoms with Gasteiger partial charge in [0.25, 0.3) is 5.91 Å². The topological polar surface area (TPSA) is 104 Å². The Morgan fingerprint density at radius 1 is 1.00 bits per heavy atom. The number of hydrogen-bond donors (Lipinski definition) is 3. The highest BCUT2D eigenvalue weighted by atomic mass is 16.4. The predicted molar refractivity (Wildman–Crippen MR) is 79.7 cm³/mol. The van der Waals surface area contributed by atoms with Crippen LogP contribution in [0.4, 0.5) is 0 Å². The number of rotatable bonds is 6. The molecule has 114 valence electrons. The van der Waals surface area contributed by atoms with Crippen molar-refractivity contribution >= 4 is 28.6 Å². The Morgan fingerprint density at radius 3 is 2.32 bits per heavy atom. The van der Waals surface area contributed by atoms with E-state index in [0.29, 0.717) is 5.56 Å². The van der Waals surface area contributed by atoms with Gasteiger partial charge in [-0.3, -0.25) is 9.59 Å². The van der Waals surface area contributed by atoms with Crippen molar-refractivity contribution < 1.29 is 24.6 Å². The van der Waals surface area contributed by atoms with Crippen molar-refractivity contribution in [1.29, 1.82) is 0 Å². The van der Waals surface area contributed by atoms with Crippen molar-refractivity contribution in [2.24, 2.45) is 0 Å². The maximum Gasteiger partial charge on any atom is 0.326 e. The smallest absolute Gasteiger partial charge is 0.326 e. The lowest BCUT2D eigenvalue weighted by molar-refractivity contribution is -0.140. The zero-order chi connectivity index (χ0) is 16.1. The van der Waals surface area contributed by atoms with Crippen molar-refractivity contribution in [1.82, 2.24) is 5.32 Å². The molecule has 2 aromatic carbocycles. The third-order valence-corrected chi connectivity index (χ3v) is 3.26. The summed E-state index contributed by atoms with van der Waals surface area (Å²) in [6.45, 7) is 0. The number of amides is 1. The summed E-state index contributed by atoms with van der Waals surface area (Å²) in [6.07, 6.45) is -0.487. The minimum Gasteiger partial charge on any atom is -0.481 e. The van der Waals surface area contributed by atoms with E-state index in [-0.39, 0.29) is 12.8 Å². The number of fused-ring (bicyclic) bond motifs is 1. The van der Waals surface area contributed by atoms with E-state index in [9.17, 15) is 14.4 Å². The first kappa shape index (κ1) is 15.5. The molecule has 22 heavy (non-hydrogen) atoms. The predicted octanol–water partition coefficient (Wildman–Crippen LogP) is 1.89. The molecular formula is C16H15NO5. The summed E-state index contributed by atoms with van der Waals surface area (Å²) in [4.78, 5) is 33.7. The number of nitrogens with one attached hydrogen (secondary N) is 1. The Balaban J connectivity index is 2.14. The molecule has 0 aliphatic carbocycles. The van der Waals surface area contributed by atoms with Crippen molar-refractivity contribution in [2.45, 2.75) is 18.9 Å². The number of aliphatic carboxylic acids is 2. The van der Waals surface area contributed by atoms with Crippen LogP contribution in [0, 0.1) is 0 Å². The van der Waals surface area contributed by atoms with E-state index in [4.69, 9.17) is 10.2 Å². The van der Waals surface area contributed by atoms with Crippen molar-refractivity contribution in [3.05, 3.63) is 48.0 Å². The first-order chi connectivity index (χ1) is 10.5. The van der Waals surface area contributed by atoms with Crippen LogP contribution in [0.2, 0.25) is 0 Å². The largest absolute Gasteiger partial charge is 0.481 e. The van der Waals surface area contributed by atoms with Crippen LogP contribution in [0.25, 0.3) is 10.8 Å². The molecule has 2 rings (SSSR count). The average molecular weight is 301 g/mol. The van der Waals surface area contributed by atoms with Gasteiger partial charge in [-0.25, -0.2) is 4.79 Å². The van der Waals surface area contributed by atoms with Gasteiger partial charge in [0.15, 0.2) is 0 Å². The Hall–Kier alpha value is -2.89. The molecule has 0 radical (unpaired) electrons. The summed E-state index contributed by atoms with van der Waals surface area (Å²) >= 11 is 0. The normalized spacial score (nSPS) is 11.8. The number of benzene rings is 2. The van der Waals surface area contributed by atoms with E-state index in [2.05, 4.69) is 5.32 Å². The Labute approximate surface area is 126 Å². The molecule has 3 N–H and O–H groups in total. The van der Waals surface area contributed by atoms with Gasteiger partial charge in [0.1, 0.15) is 6.04 Å². The number of carbonyl (C=O) groups excluding carboxylic acids is 1. The zero-order valence-corrected chi connectivity index (χ0v) is 11.7. The quantitative estimate of drug-likeness (QED) is 0.756. The first-order valence-electron chi connectivity index (χ1n) is 6.71. The average Bonchev–Trinajstić information content (AvgIpc) is 2.50. The molecule has 6 nitrogen and oxygen atoms in total. The fraction of sp³-hybridized carbons (Fsp3) is 0.188. The Bertz CT molecular complexity index is 725. The van der Waals surface area contributed by atoms with Crippen molar-refractivity contribution in [3.63, 3.8) is 0 Å². The minimum atomic E-state index is -1.25. The highest BCUT2D eigenvalue weighted by molar-refractivity contribution is 6.00. The van der Waals surface area contributed by atoms with Gasteiger partial charge in [0, 0.05) is 12.0 Å². The molecule has 0 aromatic heterocycles. The second-order valence-electron chi connectivity index (χ2n) is 4.86. The van der Waals surface area contributed by atoms with Gasteiger partial charge >= 0.3 is 11.9 Å². The van der Waals surface area contributed by atoms with Crippen LogP contribution in [0.1, 0.15) is 23.2 Å². The van der Waals surface area contributed by atoms with E-state index in [1.807, 2.05) is 24.3 Å². The molecule has 0 bridgehead atoms. The highest BCUT2D eigenvalue weighted by Crippen LogP contribution is 2.15. The summed E-state index contributed by atoms with van der Waals surface area (Å²) in [7, 11) is 0. The van der Waals surface area contributed by atoms with Crippen LogP contribution in [0.5, 0.6) is 0 Å². The van der Waals surface area contributed by atoms with Crippen molar-refractivity contribution in [2.75, 3.05) is 0 Å². The van der Waals surface area contributed by atoms with Gasteiger partial charge in [-0.2, -0.15) is 0 Å². The summed E-state index contributed by atoms with van der Waals surface area (Å²) in [5.41, 5.74) is 0.334. The molecule has 1 amide bonds. The lowest BCUT2D eigenvalue weighted by Crippen LogP contribution is -2.41. The maximum absolute atomic E-state index is 12.1. The van der Waals surface area contributed by atoms with Crippen LogP contribution in [-0.4, -0.2) is 34.1 Å². The summed E-state index contributed by atoms with van der Waals surface area (Å²) in [5.74, 6) is -2.90. The molecule has 0 aliphatic rings. The molecule has 2 aromatic rings. The third-order valence-electron chi connectivity index (χ3n) is 3.26. The zero-order valence-electron chi connectivity index (χ0n) is 11.7. The number of carboxylic acids is 2. The van der Waals surface area contributed by atoms with Gasteiger partial charge in [0.2, 0.25) is 0 Å². The number of carboxylic acid groups (broad SMARTS) is 2. The Kier molecular flexibility index (Phi) is 4.73. The van der Waals surface area contributed by atoms with E-state index < -0.39 is 23.9 Å². The van der Waals surface area contributed by atoms with Gasteiger partial charge in [-0.15, -0.1) is 0 Å². The maximum atomic E-state index is 12.1. The molecule has 0 spiro atoms. The van der Waals surface area contributed by atoms with E-state index in [1.54, 1.807) is 18.2 Å². The highest BCUT2D eigenvalue weighted by Gasteiger charge is 2.21. The van der Waals surface area contributed by atoms with Crippen LogP contribution in [-0.2, 0) is 9.59 Å². The third kappa shape index (κ3) is 3.82. The molecule has 0 saturated carbocycles. The number of hydrogen-bond acceptors (Lipinski definition) is 3. The van der Waals surface area contributed by atoms with E-state index >= 15 is 0 Å². The molecule has 0 heterocycles. The molecule has 1 unspecified atom stereocenters. The van der Waals surface area contributed by atoms with Crippen LogP contribution in [0.15, 0.2) is 42.5 Å². The molecule has 0 fully saturated rings. The second kappa shape index (κ2) is 6.71. The Morgan fingerprint density at radius 2 is 1.68 bits per heavy atom. The van der Waals surface area contributed by atoms with Gasteiger partial charge in [0.05, 0.1) is 0 Å². The fourth-order valence-electron chi connectivity index (χ4n) is 2.10. The monoisotopic (exact) mass is 301 g/mol. The van der Waals surface area contributed by atoms with Crippen LogP contribution >= 0.6 is 0 Å². The standard InChI is InChI=1S/C16H15NO5/c18-14(19)8-7-13(16(21)22)17-15(20)12-6-5-10-3-1-2-4-11(10)9-12/h1-6,9,13H,7-8H2,(H,17,20)(H,18,19)(H,21,22). The molecule has 0 aliphatic heterocycles. The minimum absolute atomic E-state index is 0.163. The molecule has 0 saturated heterocycles. The summed E-state index contributed by atoms with van der Waals surface area (Å²) < 4.78 is 0. The van der Waals surface area contributed by atoms with Crippen molar-refractivity contribution in [3.8, 4) is 0 Å². The summed E-state index contributed by atoms with van der Waals surface area (Å²) in [6, 6.07) is 11.3.